The Balaban J connectivity index is 1.69. The molecule has 0 aliphatic carbocycles. The Kier molecular flexibility index (Phi) is 6.08. The van der Waals surface area contributed by atoms with E-state index in [0.29, 0.717) is 0 Å². The van der Waals surface area contributed by atoms with Crippen molar-refractivity contribution >= 4 is 5.69 Å². The van der Waals surface area contributed by atoms with E-state index < -0.39 is 0 Å². The summed E-state index contributed by atoms with van der Waals surface area (Å²) in [4.78, 5) is 3.95. The van der Waals surface area contributed by atoms with E-state index in [-0.39, 0.29) is 0 Å². The Bertz CT molecular complexity index is 462. The smallest absolute Gasteiger partial charge is 0.137 e. The second kappa shape index (κ2) is 8.35. The average molecular weight is 272 g/mol. The quantitative estimate of drug-likeness (QED) is 0.708. The van der Waals surface area contributed by atoms with Crippen LogP contribution in [0.25, 0.3) is 0 Å². The third-order valence-electron chi connectivity index (χ3n) is 3.37. The van der Waals surface area contributed by atoms with Crippen LogP contribution in [0.4, 0.5) is 5.69 Å². The summed E-state index contributed by atoms with van der Waals surface area (Å²) in [7, 11) is 0. The van der Waals surface area contributed by atoms with E-state index in [9.17, 15) is 0 Å². The van der Waals surface area contributed by atoms with E-state index in [0.717, 1.165) is 13.1 Å². The molecule has 0 aliphatic heterocycles. The summed E-state index contributed by atoms with van der Waals surface area (Å²) in [5.41, 5.74) is 2.44. The van der Waals surface area contributed by atoms with Crippen LogP contribution in [0.5, 0.6) is 0 Å². The summed E-state index contributed by atoms with van der Waals surface area (Å²) >= 11 is 0. The molecule has 1 aromatic carbocycles. The number of nitrogens with one attached hydrogen (secondary N) is 1. The highest BCUT2D eigenvalue weighted by atomic mass is 15.3. The highest BCUT2D eigenvalue weighted by molar-refractivity contribution is 5.44. The van der Waals surface area contributed by atoms with Gasteiger partial charge in [-0.1, -0.05) is 44.7 Å². The van der Waals surface area contributed by atoms with Crippen molar-refractivity contribution in [3.05, 3.63) is 42.5 Å². The van der Waals surface area contributed by atoms with Crippen LogP contribution < -0.4 is 5.32 Å². The van der Waals surface area contributed by atoms with E-state index in [4.69, 9.17) is 0 Å². The van der Waals surface area contributed by atoms with Gasteiger partial charge < -0.3 is 5.32 Å². The molecule has 1 heterocycles. The van der Waals surface area contributed by atoms with Gasteiger partial charge in [-0.3, -0.25) is 0 Å². The fraction of sp³-hybridized carbons (Fsp3) is 0.500. The molecule has 1 N–H and O–H groups in total. The first-order chi connectivity index (χ1) is 9.88. The molecule has 20 heavy (non-hydrogen) atoms. The zero-order valence-electron chi connectivity index (χ0n) is 12.3. The number of anilines is 1. The maximum atomic E-state index is 4.11. The third kappa shape index (κ3) is 5.03. The fourth-order valence-corrected chi connectivity index (χ4v) is 2.19. The number of benzene rings is 1. The van der Waals surface area contributed by atoms with Gasteiger partial charge >= 0.3 is 0 Å². The minimum atomic E-state index is 0.775. The van der Waals surface area contributed by atoms with Crippen LogP contribution in [-0.4, -0.2) is 21.3 Å². The Morgan fingerprint density at radius 3 is 2.55 bits per heavy atom. The minimum absolute atomic E-state index is 0.775. The summed E-state index contributed by atoms with van der Waals surface area (Å²) in [5, 5.41) is 7.58. The van der Waals surface area contributed by atoms with Crippen molar-refractivity contribution in [3.63, 3.8) is 0 Å². The van der Waals surface area contributed by atoms with Crippen molar-refractivity contribution in [2.45, 2.75) is 45.6 Å². The molecule has 0 atom stereocenters. The van der Waals surface area contributed by atoms with Crippen LogP contribution in [-0.2, 0) is 6.54 Å². The Hall–Kier alpha value is -1.84. The van der Waals surface area contributed by atoms with Crippen LogP contribution in [0, 0.1) is 0 Å². The number of hydrogen-bond donors (Lipinski definition) is 1. The molecular formula is C16H24N4. The third-order valence-corrected chi connectivity index (χ3v) is 3.37. The van der Waals surface area contributed by atoms with Gasteiger partial charge in [0.2, 0.25) is 0 Å². The topological polar surface area (TPSA) is 42.7 Å². The summed E-state index contributed by atoms with van der Waals surface area (Å²) in [6, 6.07) is 8.55. The number of rotatable bonds is 9. The van der Waals surface area contributed by atoms with Crippen molar-refractivity contribution in [2.75, 3.05) is 11.9 Å². The lowest BCUT2D eigenvalue weighted by atomic mass is 10.1. The maximum Gasteiger partial charge on any atom is 0.137 e. The number of nitrogens with zero attached hydrogens (tertiary/aromatic N) is 3. The molecule has 0 bridgehead atoms. The molecule has 4 nitrogen and oxygen atoms in total. The highest BCUT2D eigenvalue weighted by Gasteiger charge is 1.97. The first-order valence-electron chi connectivity index (χ1n) is 7.53. The average Bonchev–Trinajstić information content (AvgIpc) is 2.97. The SMILES string of the molecule is CCCCCCCNc1ccc(Cn2cncn2)cc1. The molecule has 1 aromatic heterocycles. The zero-order chi connectivity index (χ0) is 14.0. The molecule has 0 radical (unpaired) electrons. The van der Waals surface area contributed by atoms with Crippen LogP contribution in [0.3, 0.4) is 0 Å². The van der Waals surface area contributed by atoms with Gasteiger partial charge in [-0.05, 0) is 24.1 Å². The molecule has 0 saturated carbocycles. The largest absolute Gasteiger partial charge is 0.385 e. The van der Waals surface area contributed by atoms with E-state index in [1.807, 2.05) is 4.68 Å². The second-order valence-corrected chi connectivity index (χ2v) is 5.13. The molecular weight excluding hydrogens is 248 g/mol. The molecule has 4 heteroatoms. The van der Waals surface area contributed by atoms with Crippen LogP contribution in [0.1, 0.15) is 44.6 Å². The van der Waals surface area contributed by atoms with Gasteiger partial charge in [0.05, 0.1) is 6.54 Å². The number of unbranched alkanes of at least 4 members (excludes halogenated alkanes) is 4. The van der Waals surface area contributed by atoms with Gasteiger partial charge in [0, 0.05) is 12.2 Å². The molecule has 0 unspecified atom stereocenters. The standard InChI is InChI=1S/C16H24N4/c1-2-3-4-5-6-11-18-16-9-7-15(8-10-16)12-20-14-17-13-19-20/h7-10,13-14,18H,2-6,11-12H2,1H3. The first kappa shape index (κ1) is 14.6. The van der Waals surface area contributed by atoms with Gasteiger partial charge in [0.25, 0.3) is 0 Å². The Labute approximate surface area is 121 Å². The molecule has 0 fully saturated rings. The predicted octanol–water partition coefficient (Wildman–Crippen LogP) is 3.71. The van der Waals surface area contributed by atoms with E-state index in [2.05, 4.69) is 46.6 Å². The molecule has 108 valence electrons. The van der Waals surface area contributed by atoms with Crippen LogP contribution in [0.15, 0.2) is 36.9 Å². The summed E-state index contributed by atoms with van der Waals surface area (Å²) < 4.78 is 1.83. The normalized spacial score (nSPS) is 10.7. The molecule has 0 aliphatic rings. The molecule has 0 spiro atoms. The molecule has 2 rings (SSSR count). The van der Waals surface area contributed by atoms with Crippen molar-refractivity contribution in [2.24, 2.45) is 0 Å². The Morgan fingerprint density at radius 2 is 1.85 bits per heavy atom. The van der Waals surface area contributed by atoms with Gasteiger partial charge in [0.15, 0.2) is 0 Å². The lowest BCUT2D eigenvalue weighted by Crippen LogP contribution is -2.03. The van der Waals surface area contributed by atoms with Gasteiger partial charge in [-0.2, -0.15) is 5.10 Å². The van der Waals surface area contributed by atoms with Crippen LogP contribution >= 0.6 is 0 Å². The van der Waals surface area contributed by atoms with Crippen molar-refractivity contribution in [1.29, 1.82) is 0 Å². The molecule has 0 saturated heterocycles. The second-order valence-electron chi connectivity index (χ2n) is 5.13. The van der Waals surface area contributed by atoms with Gasteiger partial charge in [-0.15, -0.1) is 0 Å². The lowest BCUT2D eigenvalue weighted by molar-refractivity contribution is 0.645. The van der Waals surface area contributed by atoms with E-state index in [1.54, 1.807) is 12.7 Å². The fourth-order valence-electron chi connectivity index (χ4n) is 2.19. The monoisotopic (exact) mass is 272 g/mol. The van der Waals surface area contributed by atoms with Crippen molar-refractivity contribution in [3.8, 4) is 0 Å². The lowest BCUT2D eigenvalue weighted by Gasteiger charge is -2.07. The van der Waals surface area contributed by atoms with Crippen molar-refractivity contribution < 1.29 is 0 Å². The Morgan fingerprint density at radius 1 is 1.05 bits per heavy atom. The predicted molar refractivity (Wildman–Crippen MR) is 82.8 cm³/mol. The summed E-state index contributed by atoms with van der Waals surface area (Å²) in [5.74, 6) is 0. The first-order valence-corrected chi connectivity index (χ1v) is 7.53. The van der Waals surface area contributed by atoms with E-state index in [1.165, 1.54) is 43.4 Å². The minimum Gasteiger partial charge on any atom is -0.385 e. The number of hydrogen-bond acceptors (Lipinski definition) is 3. The zero-order valence-corrected chi connectivity index (χ0v) is 12.3. The van der Waals surface area contributed by atoms with Crippen LogP contribution in [0.2, 0.25) is 0 Å². The number of aromatic nitrogens is 3. The van der Waals surface area contributed by atoms with E-state index >= 15 is 0 Å². The maximum absolute atomic E-state index is 4.11. The molecule has 2 aromatic rings. The molecule has 0 amide bonds. The van der Waals surface area contributed by atoms with Crippen molar-refractivity contribution in [1.82, 2.24) is 14.8 Å². The summed E-state index contributed by atoms with van der Waals surface area (Å²) in [6.45, 7) is 4.09. The summed E-state index contributed by atoms with van der Waals surface area (Å²) in [6.07, 6.45) is 9.90. The van der Waals surface area contributed by atoms with Gasteiger partial charge in [-0.25, -0.2) is 9.67 Å². The van der Waals surface area contributed by atoms with Gasteiger partial charge in [0.1, 0.15) is 12.7 Å². The highest BCUT2D eigenvalue weighted by Crippen LogP contribution is 2.11.